The van der Waals surface area contributed by atoms with Crippen LogP contribution in [0.2, 0.25) is 5.02 Å². The highest BCUT2D eigenvalue weighted by molar-refractivity contribution is 8.00. The standard InChI is InChI=1S/C22H23ClN4OS/c1-5-13-27-20(17-9-11-18(23)12-10-17)25-26-22(27)29-16(4)21(28)24-19-14(2)7-6-8-15(19)3/h5-12,16H,1,13H2,2-4H3,(H,24,28). The van der Waals surface area contributed by atoms with E-state index >= 15 is 0 Å². The number of para-hydroxylation sites is 1. The number of carbonyl (C=O) groups is 1. The summed E-state index contributed by atoms with van der Waals surface area (Å²) >= 11 is 7.36. The zero-order chi connectivity index (χ0) is 21.0. The second kappa shape index (κ2) is 9.29. The van der Waals surface area contributed by atoms with Crippen LogP contribution in [0.15, 0.2) is 60.3 Å². The summed E-state index contributed by atoms with van der Waals surface area (Å²) in [5.74, 6) is 0.639. The highest BCUT2D eigenvalue weighted by Gasteiger charge is 2.21. The van der Waals surface area contributed by atoms with Gasteiger partial charge in [-0.05, 0) is 56.2 Å². The molecule has 0 radical (unpaired) electrons. The summed E-state index contributed by atoms with van der Waals surface area (Å²) < 4.78 is 1.95. The minimum Gasteiger partial charge on any atom is -0.325 e. The highest BCUT2D eigenvalue weighted by atomic mass is 35.5. The average Bonchev–Trinajstić information content (AvgIpc) is 3.08. The van der Waals surface area contributed by atoms with Gasteiger partial charge in [0.05, 0.1) is 5.25 Å². The molecule has 1 atom stereocenters. The quantitative estimate of drug-likeness (QED) is 0.399. The zero-order valence-corrected chi connectivity index (χ0v) is 18.2. The third-order valence-electron chi connectivity index (χ3n) is 4.51. The molecule has 29 heavy (non-hydrogen) atoms. The van der Waals surface area contributed by atoms with E-state index in [0.717, 1.165) is 22.4 Å². The van der Waals surface area contributed by atoms with E-state index in [1.54, 1.807) is 6.08 Å². The van der Waals surface area contributed by atoms with Crippen LogP contribution < -0.4 is 5.32 Å². The van der Waals surface area contributed by atoms with Crippen LogP contribution in [0, 0.1) is 13.8 Å². The van der Waals surface area contributed by atoms with E-state index in [1.165, 1.54) is 11.8 Å². The Morgan fingerprint density at radius 1 is 1.21 bits per heavy atom. The largest absolute Gasteiger partial charge is 0.325 e. The number of benzene rings is 2. The predicted octanol–water partition coefficient (Wildman–Crippen LogP) is 5.52. The molecule has 0 saturated carbocycles. The molecular formula is C22H23ClN4OS. The molecule has 0 aliphatic heterocycles. The van der Waals surface area contributed by atoms with Crippen molar-refractivity contribution in [2.24, 2.45) is 0 Å². The van der Waals surface area contributed by atoms with Crippen LogP contribution in [0.3, 0.4) is 0 Å². The first kappa shape index (κ1) is 21.1. The molecule has 1 unspecified atom stereocenters. The Morgan fingerprint density at radius 2 is 1.86 bits per heavy atom. The molecule has 0 aliphatic rings. The summed E-state index contributed by atoms with van der Waals surface area (Å²) in [6.07, 6.45) is 1.79. The number of thioether (sulfide) groups is 1. The third kappa shape index (κ3) is 4.89. The van der Waals surface area contributed by atoms with Gasteiger partial charge in [0.25, 0.3) is 0 Å². The van der Waals surface area contributed by atoms with Gasteiger partial charge in [-0.25, -0.2) is 0 Å². The fraction of sp³-hybridized carbons (Fsp3) is 0.227. The van der Waals surface area contributed by atoms with Crippen LogP contribution >= 0.6 is 23.4 Å². The van der Waals surface area contributed by atoms with Gasteiger partial charge in [0.15, 0.2) is 11.0 Å². The summed E-state index contributed by atoms with van der Waals surface area (Å²) in [5.41, 5.74) is 3.84. The molecule has 7 heteroatoms. The van der Waals surface area contributed by atoms with Crippen molar-refractivity contribution >= 4 is 35.0 Å². The van der Waals surface area contributed by atoms with Gasteiger partial charge < -0.3 is 5.32 Å². The van der Waals surface area contributed by atoms with Gasteiger partial charge in [0, 0.05) is 22.8 Å². The number of hydrogen-bond donors (Lipinski definition) is 1. The Morgan fingerprint density at radius 3 is 2.48 bits per heavy atom. The Bertz CT molecular complexity index is 1010. The lowest BCUT2D eigenvalue weighted by atomic mass is 10.1. The molecule has 0 spiro atoms. The molecule has 1 N–H and O–H groups in total. The maximum atomic E-state index is 12.8. The van der Waals surface area contributed by atoms with Crippen LogP contribution in [0.25, 0.3) is 11.4 Å². The van der Waals surface area contributed by atoms with Crippen molar-refractivity contribution in [2.45, 2.75) is 37.7 Å². The molecule has 0 bridgehead atoms. The van der Waals surface area contributed by atoms with Crippen LogP contribution in [0.1, 0.15) is 18.1 Å². The van der Waals surface area contributed by atoms with E-state index in [1.807, 2.05) is 67.8 Å². The summed E-state index contributed by atoms with van der Waals surface area (Å²) in [5, 5.41) is 12.7. The van der Waals surface area contributed by atoms with Crippen molar-refractivity contribution in [2.75, 3.05) is 5.32 Å². The minimum atomic E-state index is -0.347. The fourth-order valence-electron chi connectivity index (χ4n) is 2.93. The summed E-state index contributed by atoms with van der Waals surface area (Å²) in [7, 11) is 0. The first-order chi connectivity index (χ1) is 13.9. The molecule has 0 aliphatic carbocycles. The SMILES string of the molecule is C=CCn1c(SC(C)C(=O)Nc2c(C)cccc2C)nnc1-c1ccc(Cl)cc1. The summed E-state index contributed by atoms with van der Waals surface area (Å²) in [6.45, 7) is 10.2. The maximum Gasteiger partial charge on any atom is 0.237 e. The van der Waals surface area contributed by atoms with Crippen LogP contribution in [-0.2, 0) is 11.3 Å². The van der Waals surface area contributed by atoms with Gasteiger partial charge in [0.2, 0.25) is 5.91 Å². The molecule has 5 nitrogen and oxygen atoms in total. The lowest BCUT2D eigenvalue weighted by molar-refractivity contribution is -0.115. The molecule has 3 aromatic rings. The van der Waals surface area contributed by atoms with Crippen LogP contribution in [-0.4, -0.2) is 25.9 Å². The van der Waals surface area contributed by atoms with Gasteiger partial charge in [-0.15, -0.1) is 16.8 Å². The number of nitrogens with zero attached hydrogens (tertiary/aromatic N) is 3. The number of rotatable bonds is 7. The van der Waals surface area contributed by atoms with Crippen molar-refractivity contribution in [3.8, 4) is 11.4 Å². The smallest absolute Gasteiger partial charge is 0.237 e. The van der Waals surface area contributed by atoms with E-state index in [-0.39, 0.29) is 11.2 Å². The number of aromatic nitrogens is 3. The lowest BCUT2D eigenvalue weighted by Gasteiger charge is -2.15. The van der Waals surface area contributed by atoms with Crippen molar-refractivity contribution < 1.29 is 4.79 Å². The Kier molecular flexibility index (Phi) is 6.77. The normalized spacial score (nSPS) is 11.9. The third-order valence-corrected chi connectivity index (χ3v) is 5.84. The number of allylic oxidation sites excluding steroid dienone is 1. The Hall–Kier alpha value is -2.57. The second-order valence-electron chi connectivity index (χ2n) is 6.73. The Labute approximate surface area is 180 Å². The Balaban J connectivity index is 1.81. The van der Waals surface area contributed by atoms with Crippen molar-refractivity contribution in [1.29, 1.82) is 0 Å². The number of amides is 1. The van der Waals surface area contributed by atoms with Crippen LogP contribution in [0.5, 0.6) is 0 Å². The number of halogens is 1. The molecule has 1 amide bonds. The molecule has 3 rings (SSSR count). The van der Waals surface area contributed by atoms with Crippen molar-refractivity contribution in [3.63, 3.8) is 0 Å². The second-order valence-corrected chi connectivity index (χ2v) is 8.47. The van der Waals surface area contributed by atoms with Gasteiger partial charge in [-0.3, -0.25) is 9.36 Å². The van der Waals surface area contributed by atoms with Gasteiger partial charge in [-0.2, -0.15) is 0 Å². The number of carbonyl (C=O) groups excluding carboxylic acids is 1. The number of anilines is 1. The molecule has 1 aromatic heterocycles. The molecule has 2 aromatic carbocycles. The molecule has 0 fully saturated rings. The van der Waals surface area contributed by atoms with Gasteiger partial charge in [0.1, 0.15) is 0 Å². The van der Waals surface area contributed by atoms with E-state index in [0.29, 0.717) is 22.5 Å². The van der Waals surface area contributed by atoms with Crippen molar-refractivity contribution in [3.05, 3.63) is 71.3 Å². The zero-order valence-electron chi connectivity index (χ0n) is 16.6. The molecule has 0 saturated heterocycles. The lowest BCUT2D eigenvalue weighted by Crippen LogP contribution is -2.24. The monoisotopic (exact) mass is 426 g/mol. The number of hydrogen-bond acceptors (Lipinski definition) is 4. The highest BCUT2D eigenvalue weighted by Crippen LogP contribution is 2.29. The first-order valence-corrected chi connectivity index (χ1v) is 10.5. The van der Waals surface area contributed by atoms with Crippen LogP contribution in [0.4, 0.5) is 5.69 Å². The van der Waals surface area contributed by atoms with E-state index in [2.05, 4.69) is 22.1 Å². The topological polar surface area (TPSA) is 59.8 Å². The molecular weight excluding hydrogens is 404 g/mol. The minimum absolute atomic E-state index is 0.0754. The average molecular weight is 427 g/mol. The molecule has 1 heterocycles. The number of nitrogens with one attached hydrogen (secondary N) is 1. The maximum absolute atomic E-state index is 12.8. The fourth-order valence-corrected chi connectivity index (χ4v) is 3.91. The number of aryl methyl sites for hydroxylation is 2. The van der Waals surface area contributed by atoms with E-state index in [9.17, 15) is 4.79 Å². The first-order valence-electron chi connectivity index (χ1n) is 9.24. The van der Waals surface area contributed by atoms with Crippen molar-refractivity contribution in [1.82, 2.24) is 14.8 Å². The predicted molar refractivity (Wildman–Crippen MR) is 121 cm³/mol. The summed E-state index contributed by atoms with van der Waals surface area (Å²) in [6, 6.07) is 13.4. The van der Waals surface area contributed by atoms with E-state index in [4.69, 9.17) is 11.6 Å². The van der Waals surface area contributed by atoms with Gasteiger partial charge >= 0.3 is 0 Å². The summed E-state index contributed by atoms with van der Waals surface area (Å²) in [4.78, 5) is 12.8. The van der Waals surface area contributed by atoms with Gasteiger partial charge in [-0.1, -0.05) is 47.6 Å². The molecule has 150 valence electrons. The van der Waals surface area contributed by atoms with E-state index < -0.39 is 0 Å².